The van der Waals surface area contributed by atoms with E-state index in [1.54, 1.807) is 24.3 Å². The molecule has 2 aliphatic rings. The molecule has 1 aliphatic carbocycles. The summed E-state index contributed by atoms with van der Waals surface area (Å²) in [6, 6.07) is 14.5. The molecule has 1 spiro atoms. The van der Waals surface area contributed by atoms with Crippen molar-refractivity contribution in [1.29, 1.82) is 0 Å². The highest BCUT2D eigenvalue weighted by atomic mass is 16.5. The first kappa shape index (κ1) is 25.9. The number of methoxy groups -OCH3 is 1. The largest absolute Gasteiger partial charge is 0.453 e. The Kier molecular flexibility index (Phi) is 7.91. The van der Waals surface area contributed by atoms with Crippen molar-refractivity contribution in [2.75, 3.05) is 25.5 Å². The Morgan fingerprint density at radius 3 is 2.43 bits per heavy atom. The second kappa shape index (κ2) is 11.3. The van der Waals surface area contributed by atoms with Gasteiger partial charge in [0.2, 0.25) is 17.7 Å². The predicted octanol–water partition coefficient (Wildman–Crippen LogP) is 2.74. The van der Waals surface area contributed by atoms with Crippen molar-refractivity contribution in [3.05, 3.63) is 71.3 Å². The number of amides is 4. The summed E-state index contributed by atoms with van der Waals surface area (Å²) in [6.07, 6.45) is 5.78. The number of primary amides is 1. The van der Waals surface area contributed by atoms with E-state index >= 15 is 0 Å². The molecule has 0 aromatic heterocycles. The van der Waals surface area contributed by atoms with Crippen LogP contribution >= 0.6 is 0 Å². The normalized spacial score (nSPS) is 16.1. The molecule has 37 heavy (non-hydrogen) atoms. The minimum atomic E-state index is -0.981. The number of carbonyl (C=O) groups is 4. The molecule has 1 fully saturated rings. The number of hydrogen-bond acceptors (Lipinski definition) is 5. The molecular formula is C28H32N4O5. The number of alkyl carbamates (subject to hydrolysis) is 1. The van der Waals surface area contributed by atoms with Crippen molar-refractivity contribution in [2.45, 2.75) is 43.6 Å². The van der Waals surface area contributed by atoms with Gasteiger partial charge in [-0.15, -0.1) is 0 Å². The van der Waals surface area contributed by atoms with Crippen LogP contribution in [-0.2, 0) is 31.0 Å². The molecule has 0 unspecified atom stereocenters. The lowest BCUT2D eigenvalue weighted by atomic mass is 9.74. The summed E-state index contributed by atoms with van der Waals surface area (Å²) in [4.78, 5) is 50.2. The molecule has 4 amide bonds. The SMILES string of the molecule is COC(=O)N[C@@H](CCC(N)=O)C(=O)Nc1ccc(CC(=O)N2CCC3(C=Cc4ccccc43)CC2)cc1. The Morgan fingerprint density at radius 2 is 1.76 bits per heavy atom. The monoisotopic (exact) mass is 504 g/mol. The van der Waals surface area contributed by atoms with Crippen LogP contribution in [0.5, 0.6) is 0 Å². The summed E-state index contributed by atoms with van der Waals surface area (Å²) in [6.45, 7) is 1.43. The topological polar surface area (TPSA) is 131 Å². The Morgan fingerprint density at radius 1 is 1.05 bits per heavy atom. The number of allylic oxidation sites excluding steroid dienone is 1. The Hall–Kier alpha value is -4.14. The lowest BCUT2D eigenvalue weighted by Crippen LogP contribution is -2.44. The smallest absolute Gasteiger partial charge is 0.407 e. The zero-order valence-corrected chi connectivity index (χ0v) is 20.9. The van der Waals surface area contributed by atoms with Crippen molar-refractivity contribution in [3.8, 4) is 0 Å². The molecule has 9 nitrogen and oxygen atoms in total. The second-order valence-corrected chi connectivity index (χ2v) is 9.51. The molecule has 1 atom stereocenters. The van der Waals surface area contributed by atoms with Crippen LogP contribution in [0.2, 0.25) is 0 Å². The predicted molar refractivity (Wildman–Crippen MR) is 140 cm³/mol. The summed E-state index contributed by atoms with van der Waals surface area (Å²) in [5, 5.41) is 5.12. The van der Waals surface area contributed by atoms with Gasteiger partial charge in [0.25, 0.3) is 0 Å². The van der Waals surface area contributed by atoms with Crippen molar-refractivity contribution in [1.82, 2.24) is 10.2 Å². The lowest BCUT2D eigenvalue weighted by Gasteiger charge is -2.39. The summed E-state index contributed by atoms with van der Waals surface area (Å²) < 4.78 is 4.55. The van der Waals surface area contributed by atoms with Crippen molar-refractivity contribution < 1.29 is 23.9 Å². The number of carbonyl (C=O) groups excluding carboxylic acids is 4. The molecule has 2 aromatic carbocycles. The van der Waals surface area contributed by atoms with Crippen LogP contribution in [0.4, 0.5) is 10.5 Å². The second-order valence-electron chi connectivity index (χ2n) is 9.51. The van der Waals surface area contributed by atoms with E-state index in [9.17, 15) is 19.2 Å². The van der Waals surface area contributed by atoms with E-state index in [-0.39, 0.29) is 30.6 Å². The van der Waals surface area contributed by atoms with E-state index < -0.39 is 23.9 Å². The summed E-state index contributed by atoms with van der Waals surface area (Å²) in [5.41, 5.74) is 9.18. The minimum Gasteiger partial charge on any atom is -0.453 e. The zero-order valence-electron chi connectivity index (χ0n) is 20.9. The molecule has 0 saturated carbocycles. The lowest BCUT2D eigenvalue weighted by molar-refractivity contribution is -0.131. The summed E-state index contributed by atoms with van der Waals surface area (Å²) in [5.74, 6) is -0.997. The van der Waals surface area contributed by atoms with Gasteiger partial charge in [-0.3, -0.25) is 14.4 Å². The number of piperidine rings is 1. The highest BCUT2D eigenvalue weighted by Crippen LogP contribution is 2.43. The van der Waals surface area contributed by atoms with Gasteiger partial charge in [0, 0.05) is 30.6 Å². The van der Waals surface area contributed by atoms with E-state index in [1.807, 2.05) is 4.90 Å². The Labute approximate surface area is 216 Å². The third-order valence-corrected chi connectivity index (χ3v) is 7.14. The standard InChI is InChI=1S/C28H32N4O5/c1-37-27(36)31-23(10-11-24(29)33)26(35)30-21-8-6-19(7-9-21)18-25(34)32-16-14-28(15-17-32)13-12-20-4-2-3-5-22(20)28/h2-9,12-13,23H,10-11,14-18H2,1H3,(H2,29,33)(H,30,35)(H,31,36)/t23-/m0/s1. The molecule has 0 bridgehead atoms. The highest BCUT2D eigenvalue weighted by molar-refractivity contribution is 5.97. The fourth-order valence-corrected chi connectivity index (χ4v) is 5.00. The highest BCUT2D eigenvalue weighted by Gasteiger charge is 2.38. The zero-order chi connectivity index (χ0) is 26.4. The third kappa shape index (κ3) is 6.17. The molecule has 0 radical (unpaired) electrons. The molecule has 194 valence electrons. The van der Waals surface area contributed by atoms with Crippen LogP contribution in [0.1, 0.15) is 42.4 Å². The molecular weight excluding hydrogens is 472 g/mol. The first-order valence-electron chi connectivity index (χ1n) is 12.4. The minimum absolute atomic E-state index is 0.0330. The number of rotatable bonds is 8. The average Bonchev–Trinajstić information content (AvgIpc) is 3.25. The van der Waals surface area contributed by atoms with Gasteiger partial charge in [0.1, 0.15) is 6.04 Å². The number of benzene rings is 2. The van der Waals surface area contributed by atoms with Gasteiger partial charge in [-0.05, 0) is 48.1 Å². The number of hydrogen-bond donors (Lipinski definition) is 3. The van der Waals surface area contributed by atoms with Gasteiger partial charge < -0.3 is 26.0 Å². The average molecular weight is 505 g/mol. The van der Waals surface area contributed by atoms with E-state index in [0.717, 1.165) is 18.4 Å². The molecule has 9 heteroatoms. The van der Waals surface area contributed by atoms with Crippen LogP contribution in [0.3, 0.4) is 0 Å². The van der Waals surface area contributed by atoms with Crippen LogP contribution in [0, 0.1) is 0 Å². The van der Waals surface area contributed by atoms with Crippen LogP contribution in [0.25, 0.3) is 6.08 Å². The Bertz CT molecular complexity index is 1200. The molecule has 1 aliphatic heterocycles. The van der Waals surface area contributed by atoms with Crippen LogP contribution < -0.4 is 16.4 Å². The third-order valence-electron chi connectivity index (χ3n) is 7.14. The van der Waals surface area contributed by atoms with Crippen LogP contribution in [0.15, 0.2) is 54.6 Å². The molecule has 1 saturated heterocycles. The fraction of sp³-hybridized carbons (Fsp3) is 0.357. The van der Waals surface area contributed by atoms with Gasteiger partial charge in [0.05, 0.1) is 13.5 Å². The van der Waals surface area contributed by atoms with Crippen molar-refractivity contribution in [2.24, 2.45) is 5.73 Å². The number of fused-ring (bicyclic) bond motifs is 2. The molecule has 4 rings (SSSR count). The van der Waals surface area contributed by atoms with Gasteiger partial charge >= 0.3 is 6.09 Å². The van der Waals surface area contributed by atoms with E-state index in [4.69, 9.17) is 5.73 Å². The van der Waals surface area contributed by atoms with Gasteiger partial charge in [0.15, 0.2) is 0 Å². The van der Waals surface area contributed by atoms with Crippen molar-refractivity contribution in [3.63, 3.8) is 0 Å². The maximum atomic E-state index is 13.0. The molecule has 1 heterocycles. The number of anilines is 1. The Balaban J connectivity index is 1.30. The number of nitrogens with one attached hydrogen (secondary N) is 2. The van der Waals surface area contributed by atoms with Crippen molar-refractivity contribution >= 4 is 35.6 Å². The molecule has 2 aromatic rings. The van der Waals surface area contributed by atoms with Gasteiger partial charge in [-0.1, -0.05) is 48.6 Å². The number of nitrogens with zero attached hydrogens (tertiary/aromatic N) is 1. The van der Waals surface area contributed by atoms with Gasteiger partial charge in [-0.2, -0.15) is 0 Å². The molecule has 4 N–H and O–H groups in total. The first-order valence-corrected chi connectivity index (χ1v) is 12.4. The quantitative estimate of drug-likeness (QED) is 0.509. The first-order chi connectivity index (χ1) is 17.8. The maximum absolute atomic E-state index is 13.0. The number of nitrogens with two attached hydrogens (primary N) is 1. The fourth-order valence-electron chi connectivity index (χ4n) is 5.00. The summed E-state index contributed by atoms with van der Waals surface area (Å²) >= 11 is 0. The van der Waals surface area contributed by atoms with E-state index in [2.05, 4.69) is 51.8 Å². The van der Waals surface area contributed by atoms with E-state index in [1.165, 1.54) is 18.2 Å². The maximum Gasteiger partial charge on any atom is 0.407 e. The van der Waals surface area contributed by atoms with E-state index in [0.29, 0.717) is 18.8 Å². The number of likely N-dealkylation sites (tertiary alicyclic amines) is 1. The number of ether oxygens (including phenoxy) is 1. The van der Waals surface area contributed by atoms with Crippen LogP contribution in [-0.4, -0.2) is 55.0 Å². The summed E-state index contributed by atoms with van der Waals surface area (Å²) in [7, 11) is 1.19. The van der Waals surface area contributed by atoms with Gasteiger partial charge in [-0.25, -0.2) is 4.79 Å².